The van der Waals surface area contributed by atoms with Gasteiger partial charge >= 0.3 is 0 Å². The monoisotopic (exact) mass is 289 g/mol. The fourth-order valence-corrected chi connectivity index (χ4v) is 2.12. The fourth-order valence-electron chi connectivity index (χ4n) is 2.12. The van der Waals surface area contributed by atoms with E-state index in [9.17, 15) is 9.59 Å². The molecule has 0 saturated carbocycles. The Morgan fingerprint density at radius 2 is 2.19 bits per heavy atom. The van der Waals surface area contributed by atoms with Gasteiger partial charge in [0.25, 0.3) is 5.56 Å². The summed E-state index contributed by atoms with van der Waals surface area (Å²) in [6.07, 6.45) is 3.78. The Morgan fingerprint density at radius 1 is 1.38 bits per heavy atom. The summed E-state index contributed by atoms with van der Waals surface area (Å²) in [5, 5.41) is 7.01. The van der Waals surface area contributed by atoms with Gasteiger partial charge in [0, 0.05) is 18.8 Å². The molecular formula is C14H19N5O2. The molecule has 2 aromatic rings. The molecule has 0 fully saturated rings. The van der Waals surface area contributed by atoms with E-state index in [0.29, 0.717) is 13.0 Å². The number of nitrogens with zero attached hydrogens (tertiary/aromatic N) is 4. The molecule has 0 aliphatic rings. The predicted molar refractivity (Wildman–Crippen MR) is 77.6 cm³/mol. The smallest absolute Gasteiger partial charge is 0.250 e. The van der Waals surface area contributed by atoms with E-state index in [1.165, 1.54) is 17.0 Å². The molecule has 0 spiro atoms. The van der Waals surface area contributed by atoms with Crippen molar-refractivity contribution in [2.24, 2.45) is 0 Å². The summed E-state index contributed by atoms with van der Waals surface area (Å²) in [7, 11) is 0. The number of pyridine rings is 1. The zero-order valence-electron chi connectivity index (χ0n) is 12.2. The minimum absolute atomic E-state index is 0.00354. The van der Waals surface area contributed by atoms with Crippen molar-refractivity contribution in [1.29, 1.82) is 0 Å². The van der Waals surface area contributed by atoms with Crippen molar-refractivity contribution in [3.8, 4) is 0 Å². The molecule has 1 atom stereocenters. The average Bonchev–Trinajstić information content (AvgIpc) is 2.95. The highest BCUT2D eigenvalue weighted by molar-refractivity contribution is 5.76. The molecule has 0 bridgehead atoms. The van der Waals surface area contributed by atoms with Crippen molar-refractivity contribution < 1.29 is 4.79 Å². The van der Waals surface area contributed by atoms with Crippen molar-refractivity contribution in [2.45, 2.75) is 39.4 Å². The second kappa shape index (κ2) is 6.83. The zero-order chi connectivity index (χ0) is 15.2. The van der Waals surface area contributed by atoms with Gasteiger partial charge < -0.3 is 9.88 Å². The second-order valence-corrected chi connectivity index (χ2v) is 4.63. The number of aromatic nitrogens is 4. The number of rotatable bonds is 6. The van der Waals surface area contributed by atoms with Crippen molar-refractivity contribution >= 4 is 5.91 Å². The van der Waals surface area contributed by atoms with Gasteiger partial charge in [-0.2, -0.15) is 5.10 Å². The second-order valence-electron chi connectivity index (χ2n) is 4.63. The number of carbonyl (C=O) groups is 1. The number of nitrogens with one attached hydrogen (secondary N) is 1. The van der Waals surface area contributed by atoms with E-state index in [4.69, 9.17) is 0 Å². The van der Waals surface area contributed by atoms with Crippen molar-refractivity contribution in [2.75, 3.05) is 0 Å². The minimum atomic E-state index is -0.221. The van der Waals surface area contributed by atoms with Gasteiger partial charge in [0.15, 0.2) is 0 Å². The molecule has 0 aromatic carbocycles. The highest BCUT2D eigenvalue weighted by Crippen LogP contribution is 2.13. The molecule has 7 nitrogen and oxygen atoms in total. The Balaban J connectivity index is 2.07. The third kappa shape index (κ3) is 3.56. The quantitative estimate of drug-likeness (QED) is 0.850. The molecule has 21 heavy (non-hydrogen) atoms. The molecule has 0 saturated heterocycles. The first-order valence-electron chi connectivity index (χ1n) is 6.98. The molecule has 2 heterocycles. The van der Waals surface area contributed by atoms with Crippen molar-refractivity contribution in [1.82, 2.24) is 24.6 Å². The molecule has 1 N–H and O–H groups in total. The Kier molecular flexibility index (Phi) is 4.86. The minimum Gasteiger partial charge on any atom is -0.345 e. The number of amides is 1. The number of carbonyl (C=O) groups excluding carboxylic acids is 1. The van der Waals surface area contributed by atoms with Crippen molar-refractivity contribution in [3.63, 3.8) is 0 Å². The predicted octanol–water partition coefficient (Wildman–Crippen LogP) is 0.727. The lowest BCUT2D eigenvalue weighted by Gasteiger charge is -2.17. The van der Waals surface area contributed by atoms with Crippen LogP contribution in [0.1, 0.15) is 32.1 Å². The highest BCUT2D eigenvalue weighted by Gasteiger charge is 2.18. The van der Waals surface area contributed by atoms with Crippen LogP contribution >= 0.6 is 0 Å². The molecule has 112 valence electrons. The summed E-state index contributed by atoms with van der Waals surface area (Å²) >= 11 is 0. The molecule has 2 aromatic heterocycles. The summed E-state index contributed by atoms with van der Waals surface area (Å²) in [5.74, 6) is 0.509. The number of aryl methyl sites for hydroxylation is 1. The van der Waals surface area contributed by atoms with Crippen molar-refractivity contribution in [3.05, 3.63) is 46.9 Å². The van der Waals surface area contributed by atoms with Gasteiger partial charge in [0.05, 0.1) is 6.04 Å². The molecule has 0 radical (unpaired) electrons. The zero-order valence-corrected chi connectivity index (χ0v) is 12.2. The van der Waals surface area contributed by atoms with E-state index in [0.717, 1.165) is 5.82 Å². The first kappa shape index (κ1) is 15.0. The van der Waals surface area contributed by atoms with Crippen LogP contribution in [-0.2, 0) is 17.9 Å². The van der Waals surface area contributed by atoms with Gasteiger partial charge in [-0.25, -0.2) is 9.67 Å². The van der Waals surface area contributed by atoms with Gasteiger partial charge in [-0.05, 0) is 19.4 Å². The van der Waals surface area contributed by atoms with Gasteiger partial charge in [0.2, 0.25) is 5.91 Å². The Labute approximate surface area is 122 Å². The number of hydrogen-bond donors (Lipinski definition) is 1. The molecule has 7 heteroatoms. The van der Waals surface area contributed by atoms with Crippen LogP contribution in [0.3, 0.4) is 0 Å². The van der Waals surface area contributed by atoms with Crippen LogP contribution in [0, 0.1) is 0 Å². The first-order chi connectivity index (χ1) is 10.2. The summed E-state index contributed by atoms with van der Waals surface area (Å²) in [6.45, 7) is 4.63. The fraction of sp³-hybridized carbons (Fsp3) is 0.429. The largest absolute Gasteiger partial charge is 0.345 e. The van der Waals surface area contributed by atoms with Crippen LogP contribution in [0.2, 0.25) is 0 Å². The average molecular weight is 289 g/mol. The van der Waals surface area contributed by atoms with E-state index in [2.05, 4.69) is 15.4 Å². The van der Waals surface area contributed by atoms with Gasteiger partial charge in [-0.15, -0.1) is 0 Å². The normalized spacial score (nSPS) is 12.1. The van der Waals surface area contributed by atoms with Crippen LogP contribution in [0.5, 0.6) is 0 Å². The van der Waals surface area contributed by atoms with Crippen LogP contribution in [-0.4, -0.2) is 25.2 Å². The highest BCUT2D eigenvalue weighted by atomic mass is 16.2. The molecule has 2 rings (SSSR count). The molecule has 0 aliphatic heterocycles. The van der Waals surface area contributed by atoms with Crippen LogP contribution in [0.25, 0.3) is 0 Å². The molecule has 0 aliphatic carbocycles. The lowest BCUT2D eigenvalue weighted by molar-refractivity contribution is -0.122. The third-order valence-corrected chi connectivity index (χ3v) is 3.21. The van der Waals surface area contributed by atoms with Crippen LogP contribution in [0.15, 0.2) is 35.5 Å². The maximum absolute atomic E-state index is 12.1. The Hall–Kier alpha value is -2.44. The third-order valence-electron chi connectivity index (χ3n) is 3.21. The lowest BCUT2D eigenvalue weighted by Crippen LogP contribution is -2.35. The summed E-state index contributed by atoms with van der Waals surface area (Å²) in [5.41, 5.74) is -0.197. The lowest BCUT2D eigenvalue weighted by atomic mass is 10.2. The molecule has 0 unspecified atom stereocenters. The summed E-state index contributed by atoms with van der Waals surface area (Å²) in [6, 6.07) is 4.59. The van der Waals surface area contributed by atoms with E-state index in [1.54, 1.807) is 23.0 Å². The standard InChI is InChI=1S/C14H19N5O2/c1-3-11(14-15-10-16-19(14)4-2)17-12(20)9-18-8-6-5-7-13(18)21/h5-8,10-11H,3-4,9H2,1-2H3,(H,17,20)/t11-/m0/s1. The maximum atomic E-state index is 12.1. The Bertz CT molecular complexity index is 661. The number of hydrogen-bond acceptors (Lipinski definition) is 4. The molecule has 1 amide bonds. The Morgan fingerprint density at radius 3 is 2.86 bits per heavy atom. The topological polar surface area (TPSA) is 81.8 Å². The van der Waals surface area contributed by atoms with E-state index >= 15 is 0 Å². The van der Waals surface area contributed by atoms with Gasteiger partial charge in [-0.3, -0.25) is 9.59 Å². The van der Waals surface area contributed by atoms with Gasteiger partial charge in [-0.1, -0.05) is 13.0 Å². The summed E-state index contributed by atoms with van der Waals surface area (Å²) < 4.78 is 3.12. The SMILES string of the molecule is CC[C@H](NC(=O)Cn1ccccc1=O)c1ncnn1CC. The summed E-state index contributed by atoms with van der Waals surface area (Å²) in [4.78, 5) is 27.9. The first-order valence-corrected chi connectivity index (χ1v) is 6.98. The van der Waals surface area contributed by atoms with E-state index < -0.39 is 0 Å². The molecular weight excluding hydrogens is 270 g/mol. The van der Waals surface area contributed by atoms with Crippen LogP contribution in [0.4, 0.5) is 0 Å². The van der Waals surface area contributed by atoms with E-state index in [-0.39, 0.29) is 24.1 Å². The van der Waals surface area contributed by atoms with E-state index in [1.807, 2.05) is 13.8 Å². The maximum Gasteiger partial charge on any atom is 0.250 e. The van der Waals surface area contributed by atoms with Gasteiger partial charge in [0.1, 0.15) is 18.7 Å². The van der Waals surface area contributed by atoms with Crippen LogP contribution < -0.4 is 10.9 Å².